The molecule has 0 amide bonds. The van der Waals surface area contributed by atoms with E-state index in [1.54, 1.807) is 12.1 Å². The van der Waals surface area contributed by atoms with Gasteiger partial charge in [0.15, 0.2) is 23.3 Å². The molecule has 0 atom stereocenters. The van der Waals surface area contributed by atoms with Crippen LogP contribution in [-0.4, -0.2) is 12.1 Å². The molecule has 0 radical (unpaired) electrons. The van der Waals surface area contributed by atoms with Crippen LogP contribution < -0.4 is 0 Å². The highest BCUT2D eigenvalue weighted by atomic mass is 19.2. The number of unbranched alkanes of at least 4 members (excludes halogenated alkanes) is 1. The van der Waals surface area contributed by atoms with Crippen LogP contribution in [0.1, 0.15) is 123 Å². The van der Waals surface area contributed by atoms with Gasteiger partial charge >= 0.3 is 5.97 Å². The van der Waals surface area contributed by atoms with Crippen LogP contribution in [0, 0.1) is 29.2 Å². The van der Waals surface area contributed by atoms with E-state index in [1.807, 2.05) is 6.92 Å². The minimum absolute atomic E-state index is 0.0245. The smallest absolute Gasteiger partial charge is 0.341 e. The van der Waals surface area contributed by atoms with Crippen LogP contribution in [0.25, 0.3) is 0 Å². The molecule has 2 saturated carbocycles. The van der Waals surface area contributed by atoms with Crippen LogP contribution in [0.2, 0.25) is 0 Å². The average molecular weight is 519 g/mol. The summed E-state index contributed by atoms with van der Waals surface area (Å²) in [4.78, 5) is 12.7. The predicted octanol–water partition coefficient (Wildman–Crippen LogP) is 9.15. The third-order valence-electron chi connectivity index (χ3n) is 8.58. The van der Waals surface area contributed by atoms with Gasteiger partial charge in [-0.05, 0) is 105 Å². The van der Waals surface area contributed by atoms with Gasteiger partial charge in [-0.2, -0.15) is 0 Å². The van der Waals surface area contributed by atoms with Crippen molar-refractivity contribution < 1.29 is 27.1 Å². The molecule has 0 bridgehead atoms. The number of halogens is 4. The van der Waals surface area contributed by atoms with Gasteiger partial charge < -0.3 is 4.74 Å². The van der Waals surface area contributed by atoms with Gasteiger partial charge in [0, 0.05) is 0 Å². The minimum Gasteiger partial charge on any atom is -0.459 e. The summed E-state index contributed by atoms with van der Waals surface area (Å²) in [5.74, 6) is -4.06. The van der Waals surface area contributed by atoms with Crippen LogP contribution in [0.5, 0.6) is 0 Å². The Morgan fingerprint density at radius 3 is 1.92 bits per heavy atom. The standard InChI is InChI=1S/C31H38F4O2/c1-3-5-6-22-13-16-24(28(33)27(22)32)21-11-14-23(15-12-21)37-31(36)26-18-17-25(29(34)30(26)35)20-9-7-19(4-2)8-10-20/h13,16-21,23H,3-12,14-15H2,1-2H3. The van der Waals surface area contributed by atoms with Crippen LogP contribution in [0.3, 0.4) is 0 Å². The zero-order valence-corrected chi connectivity index (χ0v) is 21.9. The fraction of sp³-hybridized carbons (Fsp3) is 0.581. The topological polar surface area (TPSA) is 26.3 Å². The second-order valence-corrected chi connectivity index (χ2v) is 10.9. The summed E-state index contributed by atoms with van der Waals surface area (Å²) in [6.07, 6.45) is 8.50. The highest BCUT2D eigenvalue weighted by Gasteiger charge is 2.31. The molecule has 0 aliphatic heterocycles. The number of carbonyl (C=O) groups is 1. The second kappa shape index (κ2) is 12.4. The molecule has 0 heterocycles. The van der Waals surface area contributed by atoms with Crippen molar-refractivity contribution in [1.29, 1.82) is 0 Å². The van der Waals surface area contributed by atoms with Crippen molar-refractivity contribution >= 4 is 5.97 Å². The Labute approximate surface area is 217 Å². The quantitative estimate of drug-likeness (QED) is 0.257. The molecule has 2 nitrogen and oxygen atoms in total. The lowest BCUT2D eigenvalue weighted by Crippen LogP contribution is -2.25. The number of carbonyl (C=O) groups excluding carboxylic acids is 1. The number of rotatable bonds is 8. The first-order valence-electron chi connectivity index (χ1n) is 14.0. The third kappa shape index (κ3) is 6.21. The number of esters is 1. The fourth-order valence-corrected chi connectivity index (χ4v) is 6.11. The Hall–Kier alpha value is -2.37. The van der Waals surface area contributed by atoms with Crippen molar-refractivity contribution in [2.45, 2.75) is 109 Å². The molecule has 37 heavy (non-hydrogen) atoms. The lowest BCUT2D eigenvalue weighted by atomic mass is 9.77. The summed E-state index contributed by atoms with van der Waals surface area (Å²) in [6.45, 7) is 4.16. The summed E-state index contributed by atoms with van der Waals surface area (Å²) in [7, 11) is 0. The van der Waals surface area contributed by atoms with E-state index in [0.29, 0.717) is 54.7 Å². The molecule has 202 valence electrons. The molecule has 0 unspecified atom stereocenters. The van der Waals surface area contributed by atoms with Gasteiger partial charge in [-0.25, -0.2) is 22.4 Å². The molecular formula is C31H38F4O2. The summed E-state index contributed by atoms with van der Waals surface area (Å²) in [5.41, 5.74) is 0.722. The van der Waals surface area contributed by atoms with Crippen LogP contribution in [0.15, 0.2) is 24.3 Å². The molecule has 6 heteroatoms. The van der Waals surface area contributed by atoms with E-state index in [2.05, 4.69) is 6.92 Å². The number of hydrogen-bond acceptors (Lipinski definition) is 2. The van der Waals surface area contributed by atoms with Gasteiger partial charge in [-0.3, -0.25) is 0 Å². The SMILES string of the molecule is CCCCc1ccc(C2CCC(OC(=O)c3ccc(C4CCC(CC)CC4)c(F)c3F)CC2)c(F)c1F. The maximum absolute atomic E-state index is 14.9. The van der Waals surface area contributed by atoms with Crippen molar-refractivity contribution in [3.05, 3.63) is 69.8 Å². The molecule has 0 spiro atoms. The molecule has 2 aromatic carbocycles. The van der Waals surface area contributed by atoms with Crippen LogP contribution in [0.4, 0.5) is 17.6 Å². The van der Waals surface area contributed by atoms with Gasteiger partial charge in [0.1, 0.15) is 6.10 Å². The molecule has 4 rings (SSSR count). The van der Waals surface area contributed by atoms with E-state index >= 15 is 0 Å². The molecule has 2 aliphatic carbocycles. The summed E-state index contributed by atoms with van der Waals surface area (Å²) in [6, 6.07) is 6.22. The normalized spacial score (nSPS) is 24.2. The predicted molar refractivity (Wildman–Crippen MR) is 137 cm³/mol. The van der Waals surface area contributed by atoms with Gasteiger partial charge in [0.25, 0.3) is 0 Å². The maximum atomic E-state index is 14.9. The van der Waals surface area contributed by atoms with E-state index in [1.165, 1.54) is 12.1 Å². The molecule has 0 N–H and O–H groups in total. The highest BCUT2D eigenvalue weighted by molar-refractivity contribution is 5.90. The Bertz CT molecular complexity index is 1080. The van der Waals surface area contributed by atoms with Gasteiger partial charge in [0.05, 0.1) is 5.56 Å². The molecular weight excluding hydrogens is 480 g/mol. The summed E-state index contributed by atoms with van der Waals surface area (Å²) >= 11 is 0. The maximum Gasteiger partial charge on any atom is 0.341 e. The first-order valence-corrected chi connectivity index (χ1v) is 14.0. The van der Waals surface area contributed by atoms with Crippen molar-refractivity contribution in [2.24, 2.45) is 5.92 Å². The van der Waals surface area contributed by atoms with Crippen molar-refractivity contribution in [2.75, 3.05) is 0 Å². The summed E-state index contributed by atoms with van der Waals surface area (Å²) < 4.78 is 64.6. The van der Waals surface area contributed by atoms with E-state index in [9.17, 15) is 22.4 Å². The molecule has 0 saturated heterocycles. The molecule has 2 fully saturated rings. The average Bonchev–Trinajstić information content (AvgIpc) is 2.91. The molecule has 0 aromatic heterocycles. The number of aryl methyl sites for hydroxylation is 1. The van der Waals surface area contributed by atoms with E-state index in [0.717, 1.165) is 44.9 Å². The van der Waals surface area contributed by atoms with Gasteiger partial charge in [0.2, 0.25) is 0 Å². The first kappa shape index (κ1) is 27.7. The Morgan fingerprint density at radius 2 is 1.32 bits per heavy atom. The highest BCUT2D eigenvalue weighted by Crippen LogP contribution is 2.39. The third-order valence-corrected chi connectivity index (χ3v) is 8.58. The molecule has 2 aromatic rings. The summed E-state index contributed by atoms with van der Waals surface area (Å²) in [5, 5.41) is 0. The number of ether oxygens (including phenoxy) is 1. The minimum atomic E-state index is -1.14. The van der Waals surface area contributed by atoms with E-state index < -0.39 is 35.3 Å². The lowest BCUT2D eigenvalue weighted by Gasteiger charge is -2.29. The Morgan fingerprint density at radius 1 is 0.757 bits per heavy atom. The van der Waals surface area contributed by atoms with E-state index in [4.69, 9.17) is 4.74 Å². The van der Waals surface area contributed by atoms with Crippen LogP contribution in [-0.2, 0) is 11.2 Å². The van der Waals surface area contributed by atoms with Gasteiger partial charge in [-0.15, -0.1) is 0 Å². The molecule has 2 aliphatic rings. The van der Waals surface area contributed by atoms with Crippen molar-refractivity contribution in [3.8, 4) is 0 Å². The van der Waals surface area contributed by atoms with Crippen molar-refractivity contribution in [1.82, 2.24) is 0 Å². The second-order valence-electron chi connectivity index (χ2n) is 10.9. The Balaban J connectivity index is 1.35. The zero-order valence-electron chi connectivity index (χ0n) is 21.9. The monoisotopic (exact) mass is 518 g/mol. The lowest BCUT2D eigenvalue weighted by molar-refractivity contribution is 0.0188. The largest absolute Gasteiger partial charge is 0.459 e. The fourth-order valence-electron chi connectivity index (χ4n) is 6.11. The first-order chi connectivity index (χ1) is 17.8. The number of hydrogen-bond donors (Lipinski definition) is 0. The van der Waals surface area contributed by atoms with Gasteiger partial charge in [-0.1, -0.05) is 44.9 Å². The van der Waals surface area contributed by atoms with E-state index in [-0.39, 0.29) is 17.4 Å². The van der Waals surface area contributed by atoms with Crippen LogP contribution >= 0.6 is 0 Å². The zero-order chi connectivity index (χ0) is 26.5. The Kier molecular flexibility index (Phi) is 9.31. The number of benzene rings is 2. The van der Waals surface area contributed by atoms with Crippen molar-refractivity contribution in [3.63, 3.8) is 0 Å².